The van der Waals surface area contributed by atoms with Crippen molar-refractivity contribution in [1.29, 1.82) is 0 Å². The molecule has 1 aromatic heterocycles. The Bertz CT molecular complexity index is 342. The first-order valence-electron chi connectivity index (χ1n) is 6.22. The van der Waals surface area contributed by atoms with Crippen molar-refractivity contribution in [3.63, 3.8) is 0 Å². The molecule has 0 spiro atoms. The summed E-state index contributed by atoms with van der Waals surface area (Å²) < 4.78 is 0. The van der Waals surface area contributed by atoms with E-state index in [4.69, 9.17) is 5.73 Å². The van der Waals surface area contributed by atoms with Crippen molar-refractivity contribution in [2.75, 3.05) is 37.6 Å². The second kappa shape index (κ2) is 6.36. The van der Waals surface area contributed by atoms with Crippen LogP contribution in [0.3, 0.4) is 0 Å². The van der Waals surface area contributed by atoms with Crippen molar-refractivity contribution in [1.82, 2.24) is 9.88 Å². The smallest absolute Gasteiger partial charge is 0.128 e. The van der Waals surface area contributed by atoms with E-state index < -0.39 is 0 Å². The summed E-state index contributed by atoms with van der Waals surface area (Å²) in [5.74, 6) is 1.08. The van der Waals surface area contributed by atoms with Crippen LogP contribution in [0.15, 0.2) is 24.4 Å². The van der Waals surface area contributed by atoms with Gasteiger partial charge in [0.15, 0.2) is 0 Å². The molecule has 1 aliphatic heterocycles. The molecular formula is C13H23ClN4. The van der Waals surface area contributed by atoms with Gasteiger partial charge in [0, 0.05) is 44.5 Å². The van der Waals surface area contributed by atoms with Gasteiger partial charge in [-0.05, 0) is 26.0 Å². The Morgan fingerprint density at radius 3 is 2.39 bits per heavy atom. The number of piperazine rings is 1. The van der Waals surface area contributed by atoms with Crippen molar-refractivity contribution in [2.45, 2.75) is 19.4 Å². The maximum absolute atomic E-state index is 6.04. The Balaban J connectivity index is 0.00000162. The number of hydrogen-bond acceptors (Lipinski definition) is 4. The molecule has 2 N–H and O–H groups in total. The van der Waals surface area contributed by atoms with E-state index in [0.29, 0.717) is 0 Å². The molecule has 5 heteroatoms. The molecule has 2 heterocycles. The standard InChI is InChI=1S/C13H22N4.ClH/c1-13(2,14)11-16-7-9-17(10-8-16)12-5-3-4-6-15-12;/h3-6H,7-11,14H2,1-2H3;1H. The average Bonchev–Trinajstić information content (AvgIpc) is 2.29. The van der Waals surface area contributed by atoms with Gasteiger partial charge >= 0.3 is 0 Å². The maximum atomic E-state index is 6.04. The quantitative estimate of drug-likeness (QED) is 0.901. The number of pyridine rings is 1. The van der Waals surface area contributed by atoms with E-state index in [1.807, 2.05) is 18.3 Å². The molecule has 0 amide bonds. The van der Waals surface area contributed by atoms with E-state index in [0.717, 1.165) is 38.5 Å². The van der Waals surface area contributed by atoms with Crippen molar-refractivity contribution in [3.8, 4) is 0 Å². The number of halogens is 1. The van der Waals surface area contributed by atoms with Gasteiger partial charge in [-0.2, -0.15) is 0 Å². The summed E-state index contributed by atoms with van der Waals surface area (Å²) in [4.78, 5) is 9.15. The highest BCUT2D eigenvalue weighted by Crippen LogP contribution is 2.13. The Hall–Kier alpha value is -0.840. The molecule has 1 aromatic rings. The molecular weight excluding hydrogens is 248 g/mol. The van der Waals surface area contributed by atoms with E-state index in [-0.39, 0.29) is 17.9 Å². The van der Waals surface area contributed by atoms with Gasteiger partial charge < -0.3 is 10.6 Å². The molecule has 0 radical (unpaired) electrons. The van der Waals surface area contributed by atoms with Crippen LogP contribution >= 0.6 is 12.4 Å². The van der Waals surface area contributed by atoms with Gasteiger partial charge in [-0.3, -0.25) is 4.90 Å². The fraction of sp³-hybridized carbons (Fsp3) is 0.615. The zero-order valence-corrected chi connectivity index (χ0v) is 12.0. The van der Waals surface area contributed by atoms with Crippen molar-refractivity contribution in [3.05, 3.63) is 24.4 Å². The molecule has 0 saturated carbocycles. The Kier molecular flexibility index (Phi) is 5.38. The van der Waals surface area contributed by atoms with Gasteiger partial charge in [0.25, 0.3) is 0 Å². The molecule has 0 atom stereocenters. The van der Waals surface area contributed by atoms with E-state index in [1.54, 1.807) is 0 Å². The van der Waals surface area contributed by atoms with Crippen molar-refractivity contribution in [2.24, 2.45) is 5.73 Å². The number of anilines is 1. The lowest BCUT2D eigenvalue weighted by atomic mass is 10.1. The summed E-state index contributed by atoms with van der Waals surface area (Å²) in [6.07, 6.45) is 1.85. The summed E-state index contributed by atoms with van der Waals surface area (Å²) in [5, 5.41) is 0. The highest BCUT2D eigenvalue weighted by Gasteiger charge is 2.22. The molecule has 4 nitrogen and oxygen atoms in total. The average molecular weight is 271 g/mol. The van der Waals surface area contributed by atoms with Crippen LogP contribution in [0.4, 0.5) is 5.82 Å². The highest BCUT2D eigenvalue weighted by molar-refractivity contribution is 5.85. The van der Waals surface area contributed by atoms with Crippen LogP contribution < -0.4 is 10.6 Å². The number of rotatable bonds is 3. The predicted molar refractivity (Wildman–Crippen MR) is 78.4 cm³/mol. The molecule has 1 fully saturated rings. The van der Waals surface area contributed by atoms with Gasteiger partial charge in [-0.1, -0.05) is 6.07 Å². The summed E-state index contributed by atoms with van der Waals surface area (Å²) in [6.45, 7) is 9.33. The minimum atomic E-state index is -0.104. The minimum Gasteiger partial charge on any atom is -0.354 e. The van der Waals surface area contributed by atoms with Crippen LogP contribution in [-0.4, -0.2) is 48.1 Å². The van der Waals surface area contributed by atoms with Gasteiger partial charge in [-0.15, -0.1) is 12.4 Å². The lowest BCUT2D eigenvalue weighted by Crippen LogP contribution is -2.53. The van der Waals surface area contributed by atoms with Gasteiger partial charge in [0.2, 0.25) is 0 Å². The molecule has 1 saturated heterocycles. The largest absolute Gasteiger partial charge is 0.354 e. The monoisotopic (exact) mass is 270 g/mol. The molecule has 2 rings (SSSR count). The van der Waals surface area contributed by atoms with Crippen molar-refractivity contribution < 1.29 is 0 Å². The van der Waals surface area contributed by atoms with Crippen LogP contribution in [0, 0.1) is 0 Å². The number of aromatic nitrogens is 1. The van der Waals surface area contributed by atoms with Crippen molar-refractivity contribution >= 4 is 18.2 Å². The summed E-state index contributed by atoms with van der Waals surface area (Å²) in [7, 11) is 0. The summed E-state index contributed by atoms with van der Waals surface area (Å²) in [6, 6.07) is 6.07. The first-order chi connectivity index (χ1) is 8.04. The molecule has 0 aliphatic carbocycles. The van der Waals surface area contributed by atoms with Gasteiger partial charge in [-0.25, -0.2) is 4.98 Å². The Morgan fingerprint density at radius 2 is 1.89 bits per heavy atom. The first-order valence-corrected chi connectivity index (χ1v) is 6.22. The third-order valence-corrected chi connectivity index (χ3v) is 2.98. The highest BCUT2D eigenvalue weighted by atomic mass is 35.5. The van der Waals surface area contributed by atoms with Crippen LogP contribution in [-0.2, 0) is 0 Å². The van der Waals surface area contributed by atoms with E-state index in [9.17, 15) is 0 Å². The van der Waals surface area contributed by atoms with E-state index in [1.165, 1.54) is 0 Å². The third-order valence-electron chi connectivity index (χ3n) is 2.98. The lowest BCUT2D eigenvalue weighted by Gasteiger charge is -2.38. The third kappa shape index (κ3) is 4.44. The number of hydrogen-bond donors (Lipinski definition) is 1. The SMILES string of the molecule is CC(C)(N)CN1CCN(c2ccccn2)CC1.Cl. The predicted octanol–water partition coefficient (Wildman–Crippen LogP) is 1.36. The molecule has 0 unspecified atom stereocenters. The number of nitrogens with zero attached hydrogens (tertiary/aromatic N) is 3. The summed E-state index contributed by atoms with van der Waals surface area (Å²) in [5.41, 5.74) is 5.94. The first kappa shape index (κ1) is 15.2. The second-order valence-electron chi connectivity index (χ2n) is 5.44. The van der Waals surface area contributed by atoms with E-state index in [2.05, 4.69) is 34.7 Å². The number of nitrogens with two attached hydrogens (primary N) is 1. The zero-order chi connectivity index (χ0) is 12.3. The van der Waals surface area contributed by atoms with Gasteiger partial charge in [0.1, 0.15) is 5.82 Å². The topological polar surface area (TPSA) is 45.4 Å². The Morgan fingerprint density at radius 1 is 1.22 bits per heavy atom. The molecule has 0 bridgehead atoms. The second-order valence-corrected chi connectivity index (χ2v) is 5.44. The molecule has 18 heavy (non-hydrogen) atoms. The lowest BCUT2D eigenvalue weighted by molar-refractivity contribution is 0.214. The van der Waals surface area contributed by atoms with Crippen LogP contribution in [0.5, 0.6) is 0 Å². The fourth-order valence-corrected chi connectivity index (χ4v) is 2.25. The molecule has 1 aliphatic rings. The van der Waals surface area contributed by atoms with Crippen LogP contribution in [0.25, 0.3) is 0 Å². The zero-order valence-electron chi connectivity index (χ0n) is 11.2. The Labute approximate surface area is 116 Å². The van der Waals surface area contributed by atoms with Gasteiger partial charge in [0.05, 0.1) is 0 Å². The molecule has 102 valence electrons. The molecule has 0 aromatic carbocycles. The minimum absolute atomic E-state index is 0. The van der Waals surface area contributed by atoms with Crippen LogP contribution in [0.1, 0.15) is 13.8 Å². The summed E-state index contributed by atoms with van der Waals surface area (Å²) >= 11 is 0. The normalized spacial score (nSPS) is 17.4. The maximum Gasteiger partial charge on any atom is 0.128 e. The van der Waals surface area contributed by atoms with E-state index >= 15 is 0 Å². The fourth-order valence-electron chi connectivity index (χ4n) is 2.25. The van der Waals surface area contributed by atoms with Crippen LogP contribution in [0.2, 0.25) is 0 Å².